The molecule has 1 aromatic carbocycles. The lowest BCUT2D eigenvalue weighted by Crippen LogP contribution is -2.37. The smallest absolute Gasteiger partial charge is 0.272 e. The average Bonchev–Trinajstić information content (AvgIpc) is 2.89. The third-order valence-electron chi connectivity index (χ3n) is 5.45. The van der Waals surface area contributed by atoms with Gasteiger partial charge in [0.1, 0.15) is 5.69 Å². The first kappa shape index (κ1) is 18.6. The molecule has 5 heteroatoms. The molecule has 28 heavy (non-hydrogen) atoms. The maximum atomic E-state index is 13.1. The van der Waals surface area contributed by atoms with E-state index < -0.39 is 0 Å². The predicted molar refractivity (Wildman–Crippen MR) is 111 cm³/mol. The molecule has 4 rings (SSSR count). The lowest BCUT2D eigenvalue weighted by molar-refractivity contribution is 0.0740. The summed E-state index contributed by atoms with van der Waals surface area (Å²) in [6, 6.07) is 14.0. The summed E-state index contributed by atoms with van der Waals surface area (Å²) in [6.07, 6.45) is 4.79. The van der Waals surface area contributed by atoms with Crippen LogP contribution in [0.5, 0.6) is 0 Å². The Morgan fingerprint density at radius 1 is 1.07 bits per heavy atom. The molecule has 3 heterocycles. The van der Waals surface area contributed by atoms with Crippen molar-refractivity contribution < 1.29 is 4.79 Å². The normalized spacial score (nSPS) is 18.2. The van der Waals surface area contributed by atoms with E-state index in [-0.39, 0.29) is 5.91 Å². The van der Waals surface area contributed by atoms with Crippen LogP contribution in [0.3, 0.4) is 0 Å². The summed E-state index contributed by atoms with van der Waals surface area (Å²) >= 11 is 0. The van der Waals surface area contributed by atoms with Gasteiger partial charge in [0.25, 0.3) is 5.91 Å². The molecule has 0 radical (unpaired) electrons. The van der Waals surface area contributed by atoms with Crippen molar-refractivity contribution in [3.8, 4) is 0 Å². The second-order valence-electron chi connectivity index (χ2n) is 7.77. The summed E-state index contributed by atoms with van der Waals surface area (Å²) in [4.78, 5) is 26.2. The predicted octanol–water partition coefficient (Wildman–Crippen LogP) is 3.18. The van der Waals surface area contributed by atoms with Gasteiger partial charge in [0.15, 0.2) is 0 Å². The molecule has 1 aliphatic rings. The van der Waals surface area contributed by atoms with E-state index >= 15 is 0 Å². The van der Waals surface area contributed by atoms with E-state index in [2.05, 4.69) is 40.1 Å². The molecule has 0 aliphatic carbocycles. The van der Waals surface area contributed by atoms with Gasteiger partial charge >= 0.3 is 0 Å². The van der Waals surface area contributed by atoms with Crippen molar-refractivity contribution in [3.63, 3.8) is 0 Å². The molecule has 144 valence electrons. The van der Waals surface area contributed by atoms with Gasteiger partial charge in [-0.1, -0.05) is 30.3 Å². The van der Waals surface area contributed by atoms with Crippen LogP contribution in [0.25, 0.3) is 10.8 Å². The quantitative estimate of drug-likeness (QED) is 0.706. The largest absolute Gasteiger partial charge is 0.336 e. The lowest BCUT2D eigenvalue weighted by Gasteiger charge is -2.24. The summed E-state index contributed by atoms with van der Waals surface area (Å²) < 4.78 is 0. The first-order chi connectivity index (χ1) is 13.6. The fraction of sp³-hybridized carbons (Fsp3) is 0.348. The van der Waals surface area contributed by atoms with Gasteiger partial charge in [0.05, 0.1) is 0 Å². The van der Waals surface area contributed by atoms with Crippen molar-refractivity contribution in [1.29, 1.82) is 0 Å². The average molecular weight is 374 g/mol. The highest BCUT2D eigenvalue weighted by molar-refractivity contribution is 5.92. The third-order valence-corrected chi connectivity index (χ3v) is 5.45. The van der Waals surface area contributed by atoms with Crippen LogP contribution in [-0.2, 0) is 6.42 Å². The fourth-order valence-corrected chi connectivity index (χ4v) is 4.07. The number of hydrogen-bond donors (Lipinski definition) is 0. The minimum Gasteiger partial charge on any atom is -0.336 e. The van der Waals surface area contributed by atoms with E-state index in [4.69, 9.17) is 0 Å². The first-order valence-electron chi connectivity index (χ1n) is 9.83. The van der Waals surface area contributed by atoms with Gasteiger partial charge in [-0.05, 0) is 49.4 Å². The molecule has 0 saturated carbocycles. The summed E-state index contributed by atoms with van der Waals surface area (Å²) in [5.74, 6) is 0.383. The Balaban J connectivity index is 1.57. The van der Waals surface area contributed by atoms with E-state index in [9.17, 15) is 4.79 Å². The van der Waals surface area contributed by atoms with Gasteiger partial charge in [-0.25, -0.2) is 4.98 Å². The van der Waals surface area contributed by atoms with Crippen LogP contribution in [-0.4, -0.2) is 58.9 Å². The van der Waals surface area contributed by atoms with Crippen LogP contribution >= 0.6 is 0 Å². The molecule has 1 aliphatic heterocycles. The first-order valence-corrected chi connectivity index (χ1v) is 9.83. The highest BCUT2D eigenvalue weighted by Gasteiger charge is 2.26. The summed E-state index contributed by atoms with van der Waals surface area (Å²) in [5, 5.41) is 2.42. The van der Waals surface area contributed by atoms with Gasteiger partial charge in [0, 0.05) is 49.7 Å². The zero-order valence-corrected chi connectivity index (χ0v) is 16.5. The highest BCUT2D eigenvalue weighted by atomic mass is 16.2. The number of nitrogens with zero attached hydrogens (tertiary/aromatic N) is 4. The number of hydrogen-bond acceptors (Lipinski definition) is 4. The summed E-state index contributed by atoms with van der Waals surface area (Å²) in [7, 11) is 2.13. The van der Waals surface area contributed by atoms with Crippen LogP contribution < -0.4 is 0 Å². The molecule has 3 aromatic rings. The maximum absolute atomic E-state index is 13.1. The van der Waals surface area contributed by atoms with Gasteiger partial charge in [0.2, 0.25) is 0 Å². The number of fused-ring (bicyclic) bond motifs is 1. The Hall–Kier alpha value is -2.79. The van der Waals surface area contributed by atoms with Gasteiger partial charge in [-0.3, -0.25) is 9.78 Å². The van der Waals surface area contributed by atoms with E-state index in [1.807, 2.05) is 48.5 Å². The van der Waals surface area contributed by atoms with Crippen molar-refractivity contribution >= 4 is 16.7 Å². The standard InChI is InChI=1S/C23H26N4O/c1-17-6-5-9-22(25-17)23(28)27-11-10-26(2)15-18(16-27)12-20-14-24-13-19-7-3-4-8-21(19)20/h3-9,13-14,18H,10-12,15-16H2,1-2H3. The van der Waals surface area contributed by atoms with Crippen LogP contribution in [0.2, 0.25) is 0 Å². The summed E-state index contributed by atoms with van der Waals surface area (Å²) in [5.41, 5.74) is 2.66. The molecule has 0 bridgehead atoms. The van der Waals surface area contributed by atoms with Crippen molar-refractivity contribution in [2.75, 3.05) is 33.2 Å². The molecule has 2 aromatic heterocycles. The molecule has 0 spiro atoms. The highest BCUT2D eigenvalue weighted by Crippen LogP contribution is 2.22. The number of carbonyl (C=O) groups is 1. The Kier molecular flexibility index (Phi) is 5.35. The minimum absolute atomic E-state index is 0.0278. The second kappa shape index (κ2) is 8.07. The van der Waals surface area contributed by atoms with Crippen molar-refractivity contribution in [2.45, 2.75) is 13.3 Å². The molecule has 1 atom stereocenters. The molecule has 5 nitrogen and oxygen atoms in total. The van der Waals surface area contributed by atoms with Crippen molar-refractivity contribution in [2.24, 2.45) is 5.92 Å². The second-order valence-corrected chi connectivity index (χ2v) is 7.77. The van der Waals surface area contributed by atoms with Crippen LogP contribution in [0, 0.1) is 12.8 Å². The number of rotatable bonds is 3. The maximum Gasteiger partial charge on any atom is 0.272 e. The zero-order chi connectivity index (χ0) is 19.5. The SMILES string of the molecule is Cc1cccc(C(=O)N2CCN(C)CC(Cc3cncc4ccccc34)C2)n1. The zero-order valence-electron chi connectivity index (χ0n) is 16.5. The molecule has 1 unspecified atom stereocenters. The fourth-order valence-electron chi connectivity index (χ4n) is 4.07. The molecular weight excluding hydrogens is 348 g/mol. The van der Waals surface area contributed by atoms with Gasteiger partial charge in [-0.2, -0.15) is 0 Å². The number of pyridine rings is 2. The number of benzene rings is 1. The molecule has 1 saturated heterocycles. The lowest BCUT2D eigenvalue weighted by atomic mass is 9.96. The molecule has 1 amide bonds. The topological polar surface area (TPSA) is 49.3 Å². The van der Waals surface area contributed by atoms with Crippen LogP contribution in [0.15, 0.2) is 54.9 Å². The monoisotopic (exact) mass is 374 g/mol. The van der Waals surface area contributed by atoms with Gasteiger partial charge < -0.3 is 9.80 Å². The number of amides is 1. The van der Waals surface area contributed by atoms with Crippen LogP contribution in [0.4, 0.5) is 0 Å². The Labute approximate surface area is 166 Å². The van der Waals surface area contributed by atoms with E-state index in [1.165, 1.54) is 16.3 Å². The van der Waals surface area contributed by atoms with Crippen LogP contribution in [0.1, 0.15) is 21.7 Å². The Morgan fingerprint density at radius 2 is 1.93 bits per heavy atom. The molecule has 0 N–H and O–H groups in total. The van der Waals surface area contributed by atoms with Crippen molar-refractivity contribution in [1.82, 2.24) is 19.8 Å². The van der Waals surface area contributed by atoms with E-state index in [1.54, 1.807) is 0 Å². The minimum atomic E-state index is 0.0278. The van der Waals surface area contributed by atoms with Gasteiger partial charge in [-0.15, -0.1) is 0 Å². The van der Waals surface area contributed by atoms with E-state index in [0.29, 0.717) is 11.6 Å². The number of carbonyl (C=O) groups excluding carboxylic acids is 1. The number of aromatic nitrogens is 2. The Bertz CT molecular complexity index is 982. The van der Waals surface area contributed by atoms with E-state index in [0.717, 1.165) is 38.3 Å². The number of aryl methyl sites for hydroxylation is 1. The Morgan fingerprint density at radius 3 is 2.79 bits per heavy atom. The molecular formula is C23H26N4O. The third kappa shape index (κ3) is 4.04. The van der Waals surface area contributed by atoms with Crippen molar-refractivity contribution in [3.05, 3.63) is 71.8 Å². The summed E-state index contributed by atoms with van der Waals surface area (Å²) in [6.45, 7) is 5.23. The molecule has 1 fully saturated rings. The number of likely N-dealkylation sites (N-methyl/N-ethyl adjacent to an activating group) is 1.